The maximum Gasteiger partial charge on any atom is 0.246 e. The first-order valence-electron chi connectivity index (χ1n) is 7.54. The second-order valence-corrected chi connectivity index (χ2v) is 6.17. The largest absolute Gasteiger partial charge is 0.336 e. The molecule has 1 atom stereocenters. The van der Waals surface area contributed by atoms with E-state index in [9.17, 15) is 9.59 Å². The summed E-state index contributed by atoms with van der Waals surface area (Å²) in [7, 11) is 0. The molecule has 0 aliphatic carbocycles. The number of rotatable bonds is 3. The third-order valence-corrected chi connectivity index (χ3v) is 3.97. The summed E-state index contributed by atoms with van der Waals surface area (Å²) in [5, 5.41) is 0. The van der Waals surface area contributed by atoms with E-state index in [1.165, 1.54) is 6.92 Å². The molecule has 0 saturated heterocycles. The molecule has 1 aromatic rings. The van der Waals surface area contributed by atoms with Crippen molar-refractivity contribution in [2.24, 2.45) is 0 Å². The van der Waals surface area contributed by atoms with Gasteiger partial charge in [-0.3, -0.25) is 14.5 Å². The lowest BCUT2D eigenvalue weighted by molar-refractivity contribution is -0.137. The van der Waals surface area contributed by atoms with E-state index in [1.54, 1.807) is 4.90 Å². The molecule has 0 unspecified atom stereocenters. The Morgan fingerprint density at radius 2 is 1.71 bits per heavy atom. The molecule has 0 aromatic heterocycles. The second-order valence-electron chi connectivity index (χ2n) is 6.17. The van der Waals surface area contributed by atoms with Crippen molar-refractivity contribution in [3.05, 3.63) is 29.8 Å². The molecule has 0 bridgehead atoms. The molecule has 21 heavy (non-hydrogen) atoms. The van der Waals surface area contributed by atoms with Gasteiger partial charge in [0.15, 0.2) is 0 Å². The van der Waals surface area contributed by atoms with E-state index in [4.69, 9.17) is 0 Å². The molecule has 0 spiro atoms. The zero-order valence-corrected chi connectivity index (χ0v) is 13.5. The van der Waals surface area contributed by atoms with Crippen LogP contribution in [0.1, 0.15) is 40.2 Å². The van der Waals surface area contributed by atoms with Gasteiger partial charge < -0.3 is 4.90 Å². The standard InChI is InChI=1S/C17H24N2O2/c1-11(2)18(12(3)4)17(21)16-10-14-8-6-7-9-15(14)19(16)13(5)20/h6-9,11-12,16H,10H2,1-5H3/t16-/m0/s1. The lowest BCUT2D eigenvalue weighted by Gasteiger charge is -2.35. The molecule has 114 valence electrons. The number of carbonyl (C=O) groups excluding carboxylic acids is 2. The van der Waals surface area contributed by atoms with Crippen molar-refractivity contribution >= 4 is 17.5 Å². The van der Waals surface area contributed by atoms with Crippen molar-refractivity contribution in [2.45, 2.75) is 59.2 Å². The first-order chi connectivity index (χ1) is 9.84. The predicted octanol–water partition coefficient (Wildman–Crippen LogP) is 2.61. The number of amides is 2. The average molecular weight is 288 g/mol. The lowest BCUT2D eigenvalue weighted by atomic mass is 10.1. The van der Waals surface area contributed by atoms with Crippen LogP contribution in [0.5, 0.6) is 0 Å². The lowest BCUT2D eigenvalue weighted by Crippen LogP contribution is -2.53. The molecular formula is C17H24N2O2. The van der Waals surface area contributed by atoms with E-state index in [1.807, 2.05) is 56.9 Å². The van der Waals surface area contributed by atoms with Gasteiger partial charge in [-0.05, 0) is 39.3 Å². The quantitative estimate of drug-likeness (QED) is 0.858. The van der Waals surface area contributed by atoms with Gasteiger partial charge in [0, 0.05) is 31.1 Å². The molecule has 0 radical (unpaired) electrons. The van der Waals surface area contributed by atoms with Crippen molar-refractivity contribution < 1.29 is 9.59 Å². The van der Waals surface area contributed by atoms with Crippen LogP contribution in [0.25, 0.3) is 0 Å². The van der Waals surface area contributed by atoms with Gasteiger partial charge >= 0.3 is 0 Å². The minimum Gasteiger partial charge on any atom is -0.336 e. The van der Waals surface area contributed by atoms with Gasteiger partial charge in [-0.2, -0.15) is 0 Å². The van der Waals surface area contributed by atoms with Crippen LogP contribution in [0.4, 0.5) is 5.69 Å². The normalized spacial score (nSPS) is 17.3. The molecule has 1 aliphatic heterocycles. The van der Waals surface area contributed by atoms with Gasteiger partial charge in [0.1, 0.15) is 6.04 Å². The highest BCUT2D eigenvalue weighted by atomic mass is 16.2. The predicted molar refractivity (Wildman–Crippen MR) is 84.2 cm³/mol. The highest BCUT2D eigenvalue weighted by molar-refractivity contribution is 6.02. The Labute approximate surface area is 126 Å². The summed E-state index contributed by atoms with van der Waals surface area (Å²) in [6.45, 7) is 9.57. The third-order valence-electron chi connectivity index (χ3n) is 3.97. The number of para-hydroxylation sites is 1. The summed E-state index contributed by atoms with van der Waals surface area (Å²) in [4.78, 5) is 28.5. The van der Waals surface area contributed by atoms with Crippen LogP contribution in [0, 0.1) is 0 Å². The van der Waals surface area contributed by atoms with Gasteiger partial charge in [-0.25, -0.2) is 0 Å². The van der Waals surface area contributed by atoms with Gasteiger partial charge in [-0.1, -0.05) is 18.2 Å². The molecule has 2 amide bonds. The number of carbonyl (C=O) groups is 2. The zero-order chi connectivity index (χ0) is 15.7. The molecule has 1 aromatic carbocycles. The smallest absolute Gasteiger partial charge is 0.246 e. The molecular weight excluding hydrogens is 264 g/mol. The Balaban J connectivity index is 2.36. The van der Waals surface area contributed by atoms with Crippen molar-refractivity contribution in [3.8, 4) is 0 Å². The minimum absolute atomic E-state index is 0.0337. The zero-order valence-electron chi connectivity index (χ0n) is 13.5. The van der Waals surface area contributed by atoms with Crippen LogP contribution in [-0.2, 0) is 16.0 Å². The van der Waals surface area contributed by atoms with Gasteiger partial charge in [-0.15, -0.1) is 0 Å². The van der Waals surface area contributed by atoms with Gasteiger partial charge in [0.25, 0.3) is 0 Å². The average Bonchev–Trinajstić information content (AvgIpc) is 2.76. The summed E-state index contributed by atoms with van der Waals surface area (Å²) in [5.74, 6) is -0.0443. The SMILES string of the molecule is CC(=O)N1c2ccccc2C[C@H]1C(=O)N(C(C)C)C(C)C. The summed E-state index contributed by atoms with van der Waals surface area (Å²) in [6.07, 6.45) is 0.602. The monoisotopic (exact) mass is 288 g/mol. The Hall–Kier alpha value is -1.84. The van der Waals surface area contributed by atoms with Gasteiger partial charge in [0.2, 0.25) is 11.8 Å². The van der Waals surface area contributed by atoms with Crippen LogP contribution < -0.4 is 4.90 Å². The van der Waals surface area contributed by atoms with Crippen LogP contribution in [0.15, 0.2) is 24.3 Å². The van der Waals surface area contributed by atoms with Crippen LogP contribution >= 0.6 is 0 Å². The van der Waals surface area contributed by atoms with E-state index in [0.717, 1.165) is 11.3 Å². The Morgan fingerprint density at radius 3 is 2.24 bits per heavy atom. The van der Waals surface area contributed by atoms with Crippen molar-refractivity contribution in [1.29, 1.82) is 0 Å². The van der Waals surface area contributed by atoms with Crippen LogP contribution in [0.3, 0.4) is 0 Å². The Kier molecular flexibility index (Phi) is 4.35. The fraction of sp³-hybridized carbons (Fsp3) is 0.529. The second kappa shape index (κ2) is 5.88. The van der Waals surface area contributed by atoms with Gasteiger partial charge in [0.05, 0.1) is 0 Å². The topological polar surface area (TPSA) is 40.6 Å². The highest BCUT2D eigenvalue weighted by Crippen LogP contribution is 2.33. The number of anilines is 1. The maximum absolute atomic E-state index is 12.9. The van der Waals surface area contributed by atoms with Crippen LogP contribution in [-0.4, -0.2) is 34.8 Å². The molecule has 4 nitrogen and oxygen atoms in total. The minimum atomic E-state index is -0.412. The van der Waals surface area contributed by atoms with E-state index < -0.39 is 6.04 Å². The maximum atomic E-state index is 12.9. The molecule has 2 rings (SSSR count). The van der Waals surface area contributed by atoms with E-state index in [-0.39, 0.29) is 23.9 Å². The third kappa shape index (κ3) is 2.80. The molecule has 1 heterocycles. The van der Waals surface area contributed by atoms with Crippen molar-refractivity contribution in [3.63, 3.8) is 0 Å². The first kappa shape index (κ1) is 15.5. The Bertz CT molecular complexity index is 543. The number of benzene rings is 1. The molecule has 0 saturated carbocycles. The number of fused-ring (bicyclic) bond motifs is 1. The number of hydrogen-bond acceptors (Lipinski definition) is 2. The number of nitrogens with zero attached hydrogens (tertiary/aromatic N) is 2. The summed E-state index contributed by atoms with van der Waals surface area (Å²) in [6, 6.07) is 7.60. The fourth-order valence-corrected chi connectivity index (χ4v) is 3.25. The van der Waals surface area contributed by atoms with E-state index in [2.05, 4.69) is 0 Å². The summed E-state index contributed by atoms with van der Waals surface area (Å²) >= 11 is 0. The first-order valence-corrected chi connectivity index (χ1v) is 7.54. The summed E-state index contributed by atoms with van der Waals surface area (Å²) in [5.41, 5.74) is 1.94. The molecule has 4 heteroatoms. The fourth-order valence-electron chi connectivity index (χ4n) is 3.25. The highest BCUT2D eigenvalue weighted by Gasteiger charge is 2.39. The molecule has 1 aliphatic rings. The van der Waals surface area contributed by atoms with Crippen molar-refractivity contribution in [2.75, 3.05) is 4.90 Å². The van der Waals surface area contributed by atoms with E-state index in [0.29, 0.717) is 6.42 Å². The Morgan fingerprint density at radius 1 is 1.14 bits per heavy atom. The van der Waals surface area contributed by atoms with Crippen molar-refractivity contribution in [1.82, 2.24) is 4.90 Å². The molecule has 0 N–H and O–H groups in total. The number of hydrogen-bond donors (Lipinski definition) is 0. The van der Waals surface area contributed by atoms with E-state index >= 15 is 0 Å². The summed E-state index contributed by atoms with van der Waals surface area (Å²) < 4.78 is 0. The van der Waals surface area contributed by atoms with Crippen LogP contribution in [0.2, 0.25) is 0 Å². The molecule has 0 fully saturated rings.